The van der Waals surface area contributed by atoms with Crippen LogP contribution in [0.15, 0.2) is 40.3 Å². The first-order valence-electron chi connectivity index (χ1n) is 12.8. The Bertz CT molecular complexity index is 1050. The lowest BCUT2D eigenvalue weighted by Gasteiger charge is -2.38. The van der Waals surface area contributed by atoms with E-state index in [-0.39, 0.29) is 19.3 Å². The minimum absolute atomic E-state index is 0.00336. The standard InChI is InChI=1S/C29H40N2O6/c1-9-35-27(33)24-19(5)31-22(17-30-18(3)4)26(28(34)36-10-2)25(24)21-14-12-11-13-20(21)15-16-23(32)37-29(6,7)8/h11-18,22,24-26H,9-10H2,1-8H3. The van der Waals surface area contributed by atoms with Crippen LogP contribution in [0.5, 0.6) is 0 Å². The van der Waals surface area contributed by atoms with Crippen molar-refractivity contribution in [2.45, 2.75) is 79.0 Å². The van der Waals surface area contributed by atoms with Crippen molar-refractivity contribution < 1.29 is 28.6 Å². The molecule has 1 heterocycles. The van der Waals surface area contributed by atoms with Crippen molar-refractivity contribution >= 4 is 35.9 Å². The molecule has 4 atom stereocenters. The number of carbonyl (C=O) groups is 3. The van der Waals surface area contributed by atoms with E-state index in [1.54, 1.807) is 53.8 Å². The Balaban J connectivity index is 2.71. The van der Waals surface area contributed by atoms with Crippen LogP contribution in [0.2, 0.25) is 0 Å². The Labute approximate surface area is 220 Å². The Morgan fingerprint density at radius 2 is 1.68 bits per heavy atom. The molecule has 8 heteroatoms. The fourth-order valence-electron chi connectivity index (χ4n) is 4.37. The van der Waals surface area contributed by atoms with E-state index in [0.717, 1.165) is 0 Å². The number of carbonyl (C=O) groups excluding carboxylic acids is 3. The Morgan fingerprint density at radius 1 is 1.05 bits per heavy atom. The van der Waals surface area contributed by atoms with E-state index in [2.05, 4.69) is 4.99 Å². The number of benzene rings is 1. The van der Waals surface area contributed by atoms with Crippen LogP contribution >= 0.6 is 0 Å². The van der Waals surface area contributed by atoms with Gasteiger partial charge in [0.05, 0.1) is 25.2 Å². The first kappa shape index (κ1) is 29.9. The lowest BCUT2D eigenvalue weighted by molar-refractivity contribution is -0.153. The summed E-state index contributed by atoms with van der Waals surface area (Å²) >= 11 is 0. The number of esters is 3. The van der Waals surface area contributed by atoms with Crippen molar-refractivity contribution in [2.75, 3.05) is 13.2 Å². The molecular weight excluding hydrogens is 472 g/mol. The van der Waals surface area contributed by atoms with Crippen molar-refractivity contribution in [3.8, 4) is 0 Å². The Kier molecular flexibility index (Phi) is 10.8. The maximum atomic E-state index is 13.4. The number of nitrogens with zero attached hydrogens (tertiary/aromatic N) is 2. The largest absolute Gasteiger partial charge is 0.466 e. The van der Waals surface area contributed by atoms with Gasteiger partial charge < -0.3 is 14.2 Å². The molecule has 1 aromatic rings. The van der Waals surface area contributed by atoms with E-state index in [1.165, 1.54) is 6.08 Å². The van der Waals surface area contributed by atoms with Crippen molar-refractivity contribution in [1.82, 2.24) is 0 Å². The highest BCUT2D eigenvalue weighted by molar-refractivity contribution is 6.05. The van der Waals surface area contributed by atoms with Crippen LogP contribution < -0.4 is 0 Å². The molecule has 37 heavy (non-hydrogen) atoms. The van der Waals surface area contributed by atoms with Gasteiger partial charge in [-0.3, -0.25) is 19.6 Å². The average Bonchev–Trinajstić information content (AvgIpc) is 2.80. The predicted molar refractivity (Wildman–Crippen MR) is 145 cm³/mol. The second-order valence-electron chi connectivity index (χ2n) is 10.2. The maximum absolute atomic E-state index is 13.4. The predicted octanol–water partition coefficient (Wildman–Crippen LogP) is 4.81. The van der Waals surface area contributed by atoms with Gasteiger partial charge in [-0.05, 0) is 72.6 Å². The monoisotopic (exact) mass is 512 g/mol. The van der Waals surface area contributed by atoms with Crippen LogP contribution in [0.3, 0.4) is 0 Å². The molecule has 1 aromatic carbocycles. The van der Waals surface area contributed by atoms with Crippen molar-refractivity contribution in [3.63, 3.8) is 0 Å². The molecule has 0 radical (unpaired) electrons. The molecule has 0 bridgehead atoms. The highest BCUT2D eigenvalue weighted by Crippen LogP contribution is 2.42. The number of rotatable bonds is 9. The third-order valence-corrected chi connectivity index (χ3v) is 5.71. The summed E-state index contributed by atoms with van der Waals surface area (Å²) in [6.45, 7) is 14.9. The van der Waals surface area contributed by atoms with Gasteiger partial charge in [0.15, 0.2) is 0 Å². The van der Waals surface area contributed by atoms with Gasteiger partial charge in [-0.1, -0.05) is 24.3 Å². The van der Waals surface area contributed by atoms with Crippen LogP contribution in [0.1, 0.15) is 72.4 Å². The minimum atomic E-state index is -0.823. The van der Waals surface area contributed by atoms with Gasteiger partial charge >= 0.3 is 17.9 Å². The zero-order chi connectivity index (χ0) is 27.8. The molecule has 202 valence electrons. The van der Waals surface area contributed by atoms with E-state index < -0.39 is 47.3 Å². The van der Waals surface area contributed by atoms with Crippen LogP contribution in [0.25, 0.3) is 6.08 Å². The molecule has 0 spiro atoms. The normalized spacial score (nSPS) is 22.2. The molecule has 1 aliphatic rings. The van der Waals surface area contributed by atoms with Crippen LogP contribution in [-0.2, 0) is 28.6 Å². The van der Waals surface area contributed by atoms with Gasteiger partial charge in [-0.15, -0.1) is 0 Å². The third-order valence-electron chi connectivity index (χ3n) is 5.71. The molecule has 0 amide bonds. The van der Waals surface area contributed by atoms with Crippen LogP contribution in [0.4, 0.5) is 0 Å². The Hall–Kier alpha value is -3.29. The van der Waals surface area contributed by atoms with Gasteiger partial charge in [-0.2, -0.15) is 0 Å². The molecular formula is C29H40N2O6. The van der Waals surface area contributed by atoms with E-state index in [4.69, 9.17) is 19.2 Å². The van der Waals surface area contributed by atoms with E-state index in [0.29, 0.717) is 16.8 Å². The fraction of sp³-hybridized carbons (Fsp3) is 0.552. The first-order valence-corrected chi connectivity index (χ1v) is 12.8. The molecule has 0 fully saturated rings. The zero-order valence-corrected chi connectivity index (χ0v) is 23.2. The summed E-state index contributed by atoms with van der Waals surface area (Å²) in [5, 5.41) is 0. The summed E-state index contributed by atoms with van der Waals surface area (Å²) in [6.07, 6.45) is 4.67. The topological polar surface area (TPSA) is 104 Å². The van der Waals surface area contributed by atoms with Crippen molar-refractivity contribution in [1.29, 1.82) is 0 Å². The summed E-state index contributed by atoms with van der Waals surface area (Å²) in [5.74, 6) is -3.71. The maximum Gasteiger partial charge on any atom is 0.331 e. The minimum Gasteiger partial charge on any atom is -0.466 e. The summed E-state index contributed by atoms with van der Waals surface area (Å²) < 4.78 is 16.3. The SMILES string of the molecule is CCOC(=O)C1C(C)=NC(C=NC(C)C)C(C(=O)OCC)C1c1ccccc1C=CC(=O)OC(C)(C)C. The highest BCUT2D eigenvalue weighted by atomic mass is 16.6. The van der Waals surface area contributed by atoms with Gasteiger partial charge in [-0.25, -0.2) is 4.79 Å². The van der Waals surface area contributed by atoms with Crippen molar-refractivity contribution in [3.05, 3.63) is 41.5 Å². The second kappa shape index (κ2) is 13.3. The third kappa shape index (κ3) is 8.37. The van der Waals surface area contributed by atoms with Crippen LogP contribution in [-0.4, -0.2) is 60.7 Å². The lowest BCUT2D eigenvalue weighted by Crippen LogP contribution is -2.47. The second-order valence-corrected chi connectivity index (χ2v) is 10.2. The summed E-state index contributed by atoms with van der Waals surface area (Å²) in [7, 11) is 0. The van der Waals surface area contributed by atoms with Gasteiger partial charge in [0.25, 0.3) is 0 Å². The number of hydrogen-bond donors (Lipinski definition) is 0. The number of aliphatic imine (C=N–C) groups is 2. The molecule has 0 aromatic heterocycles. The first-order chi connectivity index (χ1) is 17.4. The van der Waals surface area contributed by atoms with Gasteiger partial charge in [0.1, 0.15) is 11.5 Å². The highest BCUT2D eigenvalue weighted by Gasteiger charge is 2.49. The summed E-state index contributed by atoms with van der Waals surface area (Å²) in [4.78, 5) is 48.3. The van der Waals surface area contributed by atoms with E-state index in [1.807, 2.05) is 38.1 Å². The van der Waals surface area contributed by atoms with E-state index >= 15 is 0 Å². The molecule has 0 saturated heterocycles. The molecule has 0 saturated carbocycles. The number of hydrogen-bond acceptors (Lipinski definition) is 8. The van der Waals surface area contributed by atoms with Crippen molar-refractivity contribution in [2.24, 2.45) is 21.8 Å². The molecule has 1 aliphatic heterocycles. The quantitative estimate of drug-likeness (QED) is 0.204. The molecule has 2 rings (SSSR count). The van der Waals surface area contributed by atoms with Crippen LogP contribution in [0, 0.1) is 11.8 Å². The molecule has 0 aliphatic carbocycles. The zero-order valence-electron chi connectivity index (χ0n) is 23.2. The Morgan fingerprint density at radius 3 is 2.27 bits per heavy atom. The molecule has 4 unspecified atom stereocenters. The number of ether oxygens (including phenoxy) is 3. The molecule has 0 N–H and O–H groups in total. The fourth-order valence-corrected chi connectivity index (χ4v) is 4.37. The average molecular weight is 513 g/mol. The smallest absolute Gasteiger partial charge is 0.331 e. The summed E-state index contributed by atoms with van der Waals surface area (Å²) in [6, 6.07) is 6.73. The molecule has 8 nitrogen and oxygen atoms in total. The summed E-state index contributed by atoms with van der Waals surface area (Å²) in [5.41, 5.74) is 1.30. The van der Waals surface area contributed by atoms with Gasteiger partial charge in [0, 0.05) is 30.0 Å². The van der Waals surface area contributed by atoms with Gasteiger partial charge in [0.2, 0.25) is 0 Å². The van der Waals surface area contributed by atoms with E-state index in [9.17, 15) is 14.4 Å². The lowest BCUT2D eigenvalue weighted by atomic mass is 9.69.